The van der Waals surface area contributed by atoms with Crippen molar-refractivity contribution in [2.45, 2.75) is 62.8 Å². The minimum Gasteiger partial charge on any atom is -0.503 e. The first-order valence-electron chi connectivity index (χ1n) is 21.4. The van der Waals surface area contributed by atoms with Gasteiger partial charge in [0.05, 0.1) is 47.9 Å². The number of benzene rings is 3. The normalized spacial score (nSPS) is 21.4. The molecule has 4 aliphatic rings. The maximum atomic E-state index is 14.2. The summed E-state index contributed by atoms with van der Waals surface area (Å²) in [5.41, 5.74) is 3.63. The Labute approximate surface area is 363 Å². The monoisotopic (exact) mass is 878 g/mol. The number of amides is 3. The molecule has 1 spiro atoms. The molecular formula is C45H45F3N10O6. The number of imidazole rings is 1. The molecule has 1 saturated carbocycles. The third-order valence-electron chi connectivity index (χ3n) is 13.3. The van der Waals surface area contributed by atoms with Crippen molar-refractivity contribution in [3.05, 3.63) is 100 Å². The van der Waals surface area contributed by atoms with Gasteiger partial charge in [-0.05, 0) is 73.4 Å². The molecular weight excluding hydrogens is 834 g/mol. The number of carbonyl (C=O) groups excluding carboxylic acids is 3. The number of phenols is 1. The molecule has 0 radical (unpaired) electrons. The molecule has 3 N–H and O–H groups in total. The standard InChI is InChI=1S/C45H45F3N10O6/c1-54-36-14-26(4-9-34(36)58(44(54)63)35-10-11-37(59)52-42(35)62)20-55-12-13-64-45(22-55)23-56(24-45)43-50-18-29(19-51-43)27-5-6-28-21-57(53-33(28)15-27)30-7-2-25(3-8-30)17-49-41(61)31-16-32(46)40(60)39(48)38(31)47/h4-6,9,14-16,18-19,21,25,30,35,60H,2-3,7-8,10-13,17,20,22-24H2,1H3,(H,49,61)(H,52,59,62)/t25?,30?,35-/m1/s1. The lowest BCUT2D eigenvalue weighted by atomic mass is 9.86. The van der Waals surface area contributed by atoms with Crippen LogP contribution >= 0.6 is 0 Å². The Hall–Kier alpha value is -6.60. The van der Waals surface area contributed by atoms with E-state index in [0.29, 0.717) is 43.8 Å². The van der Waals surface area contributed by atoms with Crippen molar-refractivity contribution in [2.75, 3.05) is 44.2 Å². The van der Waals surface area contributed by atoms with Gasteiger partial charge in [0, 0.05) is 69.2 Å². The number of hydrogen-bond donors (Lipinski definition) is 3. The van der Waals surface area contributed by atoms with E-state index < -0.39 is 46.6 Å². The average molecular weight is 879 g/mol. The fourth-order valence-electron chi connectivity index (χ4n) is 9.77. The summed E-state index contributed by atoms with van der Waals surface area (Å²) in [6.07, 6.45) is 9.29. The van der Waals surface area contributed by atoms with Gasteiger partial charge in [0.2, 0.25) is 23.6 Å². The van der Waals surface area contributed by atoms with Gasteiger partial charge in [-0.25, -0.2) is 23.5 Å². The molecule has 3 aromatic heterocycles. The maximum Gasteiger partial charge on any atom is 0.329 e. The number of aromatic nitrogens is 6. The van der Waals surface area contributed by atoms with Crippen LogP contribution in [0.4, 0.5) is 19.1 Å². The number of halogens is 3. The van der Waals surface area contributed by atoms with Gasteiger partial charge in [0.25, 0.3) is 5.91 Å². The van der Waals surface area contributed by atoms with E-state index in [1.54, 1.807) is 11.6 Å². The fourth-order valence-corrected chi connectivity index (χ4v) is 9.77. The molecule has 6 heterocycles. The summed E-state index contributed by atoms with van der Waals surface area (Å²) < 4.78 is 53.0. The van der Waals surface area contributed by atoms with E-state index in [0.717, 1.165) is 71.9 Å². The Bertz CT molecular complexity index is 2900. The minimum atomic E-state index is -1.79. The molecule has 3 saturated heterocycles. The number of hydrogen-bond acceptors (Lipinski definition) is 11. The lowest BCUT2D eigenvalue weighted by molar-refractivity contribution is -0.135. The van der Waals surface area contributed by atoms with Gasteiger partial charge >= 0.3 is 5.69 Å². The number of rotatable bonds is 9. The zero-order valence-electron chi connectivity index (χ0n) is 34.9. The lowest BCUT2D eigenvalue weighted by Gasteiger charge is -2.53. The molecule has 1 aliphatic carbocycles. The van der Waals surface area contributed by atoms with Gasteiger partial charge in [-0.1, -0.05) is 18.2 Å². The molecule has 0 unspecified atom stereocenters. The molecule has 4 fully saturated rings. The second-order valence-electron chi connectivity index (χ2n) is 17.5. The number of aryl methyl sites for hydroxylation is 1. The zero-order valence-corrected chi connectivity index (χ0v) is 34.9. The number of nitrogens with zero attached hydrogens (tertiary/aromatic N) is 8. The Morgan fingerprint density at radius 1 is 0.938 bits per heavy atom. The lowest BCUT2D eigenvalue weighted by Crippen LogP contribution is -2.70. The molecule has 1 atom stereocenters. The van der Waals surface area contributed by atoms with Crippen LogP contribution < -0.4 is 21.2 Å². The highest BCUT2D eigenvalue weighted by atomic mass is 19.2. The molecule has 16 nitrogen and oxygen atoms in total. The molecule has 10 rings (SSSR count). The maximum absolute atomic E-state index is 14.2. The Morgan fingerprint density at radius 3 is 2.48 bits per heavy atom. The third-order valence-corrected chi connectivity index (χ3v) is 13.3. The predicted molar refractivity (Wildman–Crippen MR) is 227 cm³/mol. The van der Waals surface area contributed by atoms with Crippen LogP contribution in [0.1, 0.15) is 66.5 Å². The van der Waals surface area contributed by atoms with Crippen LogP contribution in [0, 0.1) is 23.4 Å². The highest BCUT2D eigenvalue weighted by Gasteiger charge is 2.48. The van der Waals surface area contributed by atoms with Crippen molar-refractivity contribution in [3.8, 4) is 16.9 Å². The summed E-state index contributed by atoms with van der Waals surface area (Å²) in [6.45, 7) is 4.25. The van der Waals surface area contributed by atoms with Gasteiger partial charge in [-0.3, -0.25) is 38.4 Å². The highest BCUT2D eigenvalue weighted by molar-refractivity contribution is 6.00. The molecule has 6 aromatic rings. The number of fused-ring (bicyclic) bond motifs is 2. The topological polar surface area (TPSA) is 182 Å². The SMILES string of the molecule is Cn1c(=O)n([C@@H]2CCC(=O)NC2=O)c2ccc(CN3CCOC4(C3)CN(c3ncc(-c5ccc6cn(C7CCC(CNC(=O)c8cc(F)c(O)c(F)c8F)CC7)nc6c5)cn3)C4)cc21. The summed E-state index contributed by atoms with van der Waals surface area (Å²) >= 11 is 0. The number of morpholine rings is 1. The molecule has 332 valence electrons. The predicted octanol–water partition coefficient (Wildman–Crippen LogP) is 4.50. The number of imide groups is 1. The van der Waals surface area contributed by atoms with Gasteiger partial charge in [-0.2, -0.15) is 9.49 Å². The quantitative estimate of drug-likeness (QED) is 0.138. The Morgan fingerprint density at radius 2 is 1.72 bits per heavy atom. The first kappa shape index (κ1) is 41.4. The van der Waals surface area contributed by atoms with E-state index in [1.165, 1.54) is 4.57 Å². The van der Waals surface area contributed by atoms with Crippen LogP contribution in [-0.4, -0.2) is 102 Å². The van der Waals surface area contributed by atoms with Crippen LogP contribution in [0.15, 0.2) is 65.8 Å². The van der Waals surface area contributed by atoms with Crippen LogP contribution in [0.5, 0.6) is 5.75 Å². The van der Waals surface area contributed by atoms with Gasteiger partial charge < -0.3 is 20.1 Å². The Kier molecular flexibility index (Phi) is 10.5. The first-order chi connectivity index (χ1) is 30.8. The van der Waals surface area contributed by atoms with Crippen molar-refractivity contribution in [1.29, 1.82) is 0 Å². The summed E-state index contributed by atoms with van der Waals surface area (Å²) in [5, 5.41) is 20.1. The summed E-state index contributed by atoms with van der Waals surface area (Å²) in [4.78, 5) is 64.0. The van der Waals surface area contributed by atoms with Crippen LogP contribution in [0.2, 0.25) is 0 Å². The molecule has 64 heavy (non-hydrogen) atoms. The largest absolute Gasteiger partial charge is 0.503 e. The second kappa shape index (κ2) is 16.2. The minimum absolute atomic E-state index is 0.101. The van der Waals surface area contributed by atoms with Gasteiger partial charge in [-0.15, -0.1) is 0 Å². The Balaban J connectivity index is 0.726. The van der Waals surface area contributed by atoms with E-state index in [1.807, 2.05) is 59.7 Å². The van der Waals surface area contributed by atoms with E-state index >= 15 is 0 Å². The number of nitrogens with one attached hydrogen (secondary N) is 2. The highest BCUT2D eigenvalue weighted by Crippen LogP contribution is 2.36. The van der Waals surface area contributed by atoms with Gasteiger partial charge in [0.1, 0.15) is 11.6 Å². The average Bonchev–Trinajstić information content (AvgIpc) is 3.82. The van der Waals surface area contributed by atoms with Crippen molar-refractivity contribution in [2.24, 2.45) is 13.0 Å². The first-order valence-corrected chi connectivity index (χ1v) is 21.4. The molecule has 19 heteroatoms. The molecule has 3 amide bonds. The number of piperidine rings is 1. The van der Waals surface area contributed by atoms with Gasteiger partial charge in [0.15, 0.2) is 17.4 Å². The number of ether oxygens (including phenoxy) is 1. The molecule has 3 aromatic carbocycles. The van der Waals surface area contributed by atoms with E-state index in [-0.39, 0.29) is 48.5 Å². The van der Waals surface area contributed by atoms with E-state index in [2.05, 4.69) is 20.4 Å². The van der Waals surface area contributed by atoms with E-state index in [4.69, 9.17) is 19.8 Å². The van der Waals surface area contributed by atoms with Crippen molar-refractivity contribution >= 4 is 45.6 Å². The summed E-state index contributed by atoms with van der Waals surface area (Å²) in [5.74, 6) is -7.23. The van der Waals surface area contributed by atoms with Crippen molar-refractivity contribution < 1.29 is 37.4 Å². The smallest absolute Gasteiger partial charge is 0.329 e. The molecule has 3 aliphatic heterocycles. The van der Waals surface area contributed by atoms with Crippen LogP contribution in [0.25, 0.3) is 33.1 Å². The van der Waals surface area contributed by atoms with Crippen molar-refractivity contribution in [3.63, 3.8) is 0 Å². The molecule has 0 bridgehead atoms. The zero-order chi connectivity index (χ0) is 44.4. The third kappa shape index (κ3) is 7.55. The number of aromatic hydroxyl groups is 1. The summed E-state index contributed by atoms with van der Waals surface area (Å²) in [7, 11) is 1.70. The van der Waals surface area contributed by atoms with Crippen LogP contribution in [0.3, 0.4) is 0 Å². The summed E-state index contributed by atoms with van der Waals surface area (Å²) in [6, 6.07) is 11.9. The van der Waals surface area contributed by atoms with E-state index in [9.17, 15) is 37.5 Å². The number of carbonyl (C=O) groups is 3. The number of phenolic OH excluding ortho intramolecular Hbond substituents is 1. The van der Waals surface area contributed by atoms with Crippen LogP contribution in [-0.2, 0) is 27.9 Å². The number of anilines is 1. The van der Waals surface area contributed by atoms with Crippen molar-refractivity contribution in [1.82, 2.24) is 44.4 Å². The fraction of sp³-hybridized carbons (Fsp3) is 0.400. The second-order valence-corrected chi connectivity index (χ2v) is 17.5.